The Morgan fingerprint density at radius 3 is 2.62 bits per heavy atom. The van der Waals surface area contributed by atoms with Crippen LogP contribution in [0.4, 0.5) is 5.69 Å². The molecular formula is C16H25N3OS. The minimum absolute atomic E-state index is 0.0303. The summed E-state index contributed by atoms with van der Waals surface area (Å²) in [5.41, 5.74) is 6.58. The fraction of sp³-hybridized carbons (Fsp3) is 0.500. The average molecular weight is 307 g/mol. The first-order valence-electron chi connectivity index (χ1n) is 7.40. The van der Waals surface area contributed by atoms with Crippen LogP contribution >= 0.6 is 12.2 Å². The number of carbonyl (C=O) groups is 1. The molecule has 0 aliphatic rings. The molecular weight excluding hydrogens is 282 g/mol. The number of hydrogen-bond acceptors (Lipinski definition) is 3. The SMILES string of the molecule is CCCC(C)NC(=O)CN(CCC(N)=S)c1ccccc1. The third-order valence-electron chi connectivity index (χ3n) is 3.21. The lowest BCUT2D eigenvalue weighted by Gasteiger charge is -2.25. The predicted molar refractivity (Wildman–Crippen MR) is 92.6 cm³/mol. The Bertz CT molecular complexity index is 450. The third kappa shape index (κ3) is 7.09. The van der Waals surface area contributed by atoms with Crippen LogP contribution in [0, 0.1) is 0 Å². The zero-order chi connectivity index (χ0) is 15.7. The Labute approximate surface area is 132 Å². The molecule has 3 N–H and O–H groups in total. The quantitative estimate of drug-likeness (QED) is 0.688. The molecule has 21 heavy (non-hydrogen) atoms. The van der Waals surface area contributed by atoms with Crippen LogP contribution in [0.25, 0.3) is 0 Å². The van der Waals surface area contributed by atoms with Crippen molar-refractivity contribution in [3.05, 3.63) is 30.3 Å². The number of rotatable bonds is 9. The van der Waals surface area contributed by atoms with Crippen LogP contribution in [0.15, 0.2) is 30.3 Å². The van der Waals surface area contributed by atoms with Gasteiger partial charge in [0.25, 0.3) is 0 Å². The summed E-state index contributed by atoms with van der Waals surface area (Å²) < 4.78 is 0. The van der Waals surface area contributed by atoms with Crippen molar-refractivity contribution in [2.75, 3.05) is 18.0 Å². The highest BCUT2D eigenvalue weighted by Gasteiger charge is 2.13. The highest BCUT2D eigenvalue weighted by atomic mass is 32.1. The van der Waals surface area contributed by atoms with Gasteiger partial charge in [-0.3, -0.25) is 4.79 Å². The van der Waals surface area contributed by atoms with Crippen molar-refractivity contribution < 1.29 is 4.79 Å². The standard InChI is InChI=1S/C16H25N3OS/c1-3-7-13(2)18-16(20)12-19(11-10-15(17)21)14-8-5-4-6-9-14/h4-6,8-9,13H,3,7,10-12H2,1-2H3,(H2,17,21)(H,18,20). The molecule has 0 fully saturated rings. The number of para-hydroxylation sites is 1. The molecule has 1 aromatic rings. The summed E-state index contributed by atoms with van der Waals surface area (Å²) in [5, 5.41) is 3.02. The number of thiocarbonyl (C=S) groups is 1. The van der Waals surface area contributed by atoms with Gasteiger partial charge in [-0.15, -0.1) is 0 Å². The normalized spacial score (nSPS) is 11.7. The second-order valence-electron chi connectivity index (χ2n) is 5.23. The van der Waals surface area contributed by atoms with Gasteiger partial charge in [0, 0.05) is 24.7 Å². The van der Waals surface area contributed by atoms with Crippen molar-refractivity contribution in [3.8, 4) is 0 Å². The molecule has 0 heterocycles. The van der Waals surface area contributed by atoms with Crippen LogP contribution in [0.5, 0.6) is 0 Å². The van der Waals surface area contributed by atoms with Gasteiger partial charge < -0.3 is 16.0 Å². The van der Waals surface area contributed by atoms with Crippen molar-refractivity contribution in [2.24, 2.45) is 5.73 Å². The van der Waals surface area contributed by atoms with E-state index in [0.717, 1.165) is 18.5 Å². The predicted octanol–water partition coefficient (Wildman–Crippen LogP) is 2.47. The first-order chi connectivity index (χ1) is 10.0. The van der Waals surface area contributed by atoms with E-state index in [1.165, 1.54) is 0 Å². The number of amides is 1. The lowest BCUT2D eigenvalue weighted by atomic mass is 10.2. The van der Waals surface area contributed by atoms with Crippen LogP contribution < -0.4 is 16.0 Å². The van der Waals surface area contributed by atoms with Gasteiger partial charge in [-0.2, -0.15) is 0 Å². The van der Waals surface area contributed by atoms with Crippen molar-refractivity contribution in [1.29, 1.82) is 0 Å². The smallest absolute Gasteiger partial charge is 0.239 e. The fourth-order valence-electron chi connectivity index (χ4n) is 2.18. The summed E-state index contributed by atoms with van der Waals surface area (Å²) in [7, 11) is 0. The average Bonchev–Trinajstić information content (AvgIpc) is 2.44. The first kappa shape index (κ1) is 17.4. The van der Waals surface area contributed by atoms with E-state index in [4.69, 9.17) is 18.0 Å². The summed E-state index contributed by atoms with van der Waals surface area (Å²) in [4.78, 5) is 14.6. The Hall–Kier alpha value is -1.62. The number of nitrogens with two attached hydrogens (primary N) is 1. The van der Waals surface area contributed by atoms with E-state index in [0.29, 0.717) is 24.5 Å². The van der Waals surface area contributed by atoms with E-state index >= 15 is 0 Å². The Balaban J connectivity index is 2.64. The molecule has 0 bridgehead atoms. The van der Waals surface area contributed by atoms with Gasteiger partial charge in [0.1, 0.15) is 0 Å². The molecule has 1 aromatic carbocycles. The highest BCUT2D eigenvalue weighted by molar-refractivity contribution is 7.80. The van der Waals surface area contributed by atoms with E-state index in [1.807, 2.05) is 42.2 Å². The van der Waals surface area contributed by atoms with Gasteiger partial charge in [-0.1, -0.05) is 43.8 Å². The Kier molecular flexibility index (Phi) is 7.75. The second kappa shape index (κ2) is 9.34. The van der Waals surface area contributed by atoms with Crippen LogP contribution in [0.2, 0.25) is 0 Å². The van der Waals surface area contributed by atoms with Crippen LogP contribution in [-0.4, -0.2) is 30.0 Å². The molecule has 0 spiro atoms. The summed E-state index contributed by atoms with van der Waals surface area (Å²) >= 11 is 4.93. The molecule has 0 aliphatic heterocycles. The van der Waals surface area contributed by atoms with E-state index in [1.54, 1.807) is 0 Å². The van der Waals surface area contributed by atoms with E-state index in [9.17, 15) is 4.79 Å². The largest absolute Gasteiger partial charge is 0.393 e. The summed E-state index contributed by atoms with van der Waals surface area (Å²) in [5.74, 6) is 0.0303. The monoisotopic (exact) mass is 307 g/mol. The van der Waals surface area contributed by atoms with Gasteiger partial charge in [0.05, 0.1) is 11.5 Å². The summed E-state index contributed by atoms with van der Waals surface area (Å²) in [6.07, 6.45) is 2.65. The summed E-state index contributed by atoms with van der Waals surface area (Å²) in [6, 6.07) is 10.1. The van der Waals surface area contributed by atoms with E-state index < -0.39 is 0 Å². The minimum Gasteiger partial charge on any atom is -0.393 e. The molecule has 1 amide bonds. The third-order valence-corrected chi connectivity index (χ3v) is 3.42. The van der Waals surface area contributed by atoms with Gasteiger partial charge in [-0.25, -0.2) is 0 Å². The maximum Gasteiger partial charge on any atom is 0.239 e. The number of nitrogens with one attached hydrogen (secondary N) is 1. The van der Waals surface area contributed by atoms with Crippen LogP contribution in [-0.2, 0) is 4.79 Å². The molecule has 1 rings (SSSR count). The molecule has 0 radical (unpaired) electrons. The zero-order valence-electron chi connectivity index (χ0n) is 12.8. The van der Waals surface area contributed by atoms with Gasteiger partial charge in [-0.05, 0) is 25.5 Å². The van der Waals surface area contributed by atoms with Crippen molar-refractivity contribution in [2.45, 2.75) is 39.2 Å². The molecule has 0 saturated carbocycles. The maximum atomic E-state index is 12.1. The van der Waals surface area contributed by atoms with Crippen molar-refractivity contribution >= 4 is 28.8 Å². The molecule has 1 atom stereocenters. The van der Waals surface area contributed by atoms with E-state index in [-0.39, 0.29) is 11.9 Å². The van der Waals surface area contributed by atoms with Crippen molar-refractivity contribution in [3.63, 3.8) is 0 Å². The summed E-state index contributed by atoms with van der Waals surface area (Å²) in [6.45, 7) is 5.11. The molecule has 0 aliphatic carbocycles. The molecule has 4 nitrogen and oxygen atoms in total. The lowest BCUT2D eigenvalue weighted by molar-refractivity contribution is -0.120. The lowest BCUT2D eigenvalue weighted by Crippen LogP contribution is -2.42. The number of nitrogens with zero attached hydrogens (tertiary/aromatic N) is 1. The van der Waals surface area contributed by atoms with Crippen LogP contribution in [0.1, 0.15) is 33.1 Å². The van der Waals surface area contributed by atoms with Crippen LogP contribution in [0.3, 0.4) is 0 Å². The Morgan fingerprint density at radius 1 is 1.38 bits per heavy atom. The van der Waals surface area contributed by atoms with Gasteiger partial charge in [0.2, 0.25) is 5.91 Å². The zero-order valence-corrected chi connectivity index (χ0v) is 13.7. The van der Waals surface area contributed by atoms with E-state index in [2.05, 4.69) is 12.2 Å². The minimum atomic E-state index is 0.0303. The molecule has 116 valence electrons. The molecule has 1 unspecified atom stereocenters. The number of benzene rings is 1. The number of anilines is 1. The maximum absolute atomic E-state index is 12.1. The Morgan fingerprint density at radius 2 is 2.05 bits per heavy atom. The van der Waals surface area contributed by atoms with Crippen molar-refractivity contribution in [1.82, 2.24) is 5.32 Å². The fourth-order valence-corrected chi connectivity index (χ4v) is 2.27. The van der Waals surface area contributed by atoms with Gasteiger partial charge in [0.15, 0.2) is 0 Å². The topological polar surface area (TPSA) is 58.4 Å². The highest BCUT2D eigenvalue weighted by Crippen LogP contribution is 2.13. The molecule has 0 aromatic heterocycles. The molecule has 0 saturated heterocycles. The number of carbonyl (C=O) groups excluding carboxylic acids is 1. The number of hydrogen-bond donors (Lipinski definition) is 2. The second-order valence-corrected chi connectivity index (χ2v) is 5.76. The molecule has 5 heteroatoms. The first-order valence-corrected chi connectivity index (χ1v) is 7.81. The van der Waals surface area contributed by atoms with Gasteiger partial charge >= 0.3 is 0 Å².